The molecule has 3 aliphatic heterocycles. The van der Waals surface area contributed by atoms with Gasteiger partial charge in [0.05, 0.1) is 12.2 Å². The van der Waals surface area contributed by atoms with Crippen molar-refractivity contribution < 1.29 is 4.79 Å². The number of likely N-dealkylation sites (tertiary alicyclic amines) is 1. The average Bonchev–Trinajstić information content (AvgIpc) is 2.93. The maximum atomic E-state index is 12.1. The van der Waals surface area contributed by atoms with E-state index in [2.05, 4.69) is 22.5 Å². The SMILES string of the molecule is CCC(=O)C1CC2C3NCCCC3NC2N1CC. The molecule has 18 heavy (non-hydrogen) atoms. The summed E-state index contributed by atoms with van der Waals surface area (Å²) < 4.78 is 0. The van der Waals surface area contributed by atoms with Crippen LogP contribution in [0.5, 0.6) is 0 Å². The Balaban J connectivity index is 1.78. The van der Waals surface area contributed by atoms with E-state index in [1.54, 1.807) is 0 Å². The number of piperidine rings is 1. The molecule has 3 aliphatic rings. The lowest BCUT2D eigenvalue weighted by Crippen LogP contribution is -2.50. The Labute approximate surface area is 109 Å². The third-order valence-electron chi connectivity index (χ3n) is 5.10. The molecule has 0 saturated carbocycles. The minimum absolute atomic E-state index is 0.159. The summed E-state index contributed by atoms with van der Waals surface area (Å²) >= 11 is 0. The van der Waals surface area contributed by atoms with E-state index < -0.39 is 0 Å². The van der Waals surface area contributed by atoms with Crippen LogP contribution in [-0.4, -0.2) is 48.1 Å². The number of hydrogen-bond donors (Lipinski definition) is 2. The number of carbonyl (C=O) groups is 1. The Morgan fingerprint density at radius 1 is 1.39 bits per heavy atom. The van der Waals surface area contributed by atoms with Crippen LogP contribution in [-0.2, 0) is 4.79 Å². The van der Waals surface area contributed by atoms with Crippen molar-refractivity contribution in [2.75, 3.05) is 13.1 Å². The summed E-state index contributed by atoms with van der Waals surface area (Å²) in [5.41, 5.74) is 0. The number of Topliss-reactive ketones (excluding diaryl/α,β-unsaturated/α-hetero) is 1. The van der Waals surface area contributed by atoms with Gasteiger partial charge in [0.2, 0.25) is 0 Å². The number of likely N-dealkylation sites (N-methyl/N-ethyl adjacent to an activating group) is 1. The van der Waals surface area contributed by atoms with Gasteiger partial charge in [0.25, 0.3) is 0 Å². The molecule has 0 aromatic carbocycles. The number of nitrogens with zero attached hydrogens (tertiary/aromatic N) is 1. The van der Waals surface area contributed by atoms with Crippen molar-refractivity contribution in [2.24, 2.45) is 5.92 Å². The van der Waals surface area contributed by atoms with E-state index in [1.807, 2.05) is 6.92 Å². The first-order valence-corrected chi connectivity index (χ1v) is 7.54. The molecule has 5 atom stereocenters. The van der Waals surface area contributed by atoms with Gasteiger partial charge in [-0.05, 0) is 32.4 Å². The molecule has 4 nitrogen and oxygen atoms in total. The van der Waals surface area contributed by atoms with E-state index >= 15 is 0 Å². The summed E-state index contributed by atoms with van der Waals surface area (Å²) in [4.78, 5) is 14.5. The molecule has 102 valence electrons. The highest BCUT2D eigenvalue weighted by Crippen LogP contribution is 2.39. The Morgan fingerprint density at radius 2 is 2.22 bits per heavy atom. The molecule has 0 aromatic heterocycles. The molecule has 0 radical (unpaired) electrons. The summed E-state index contributed by atoms with van der Waals surface area (Å²) in [5, 5.41) is 7.45. The highest BCUT2D eigenvalue weighted by atomic mass is 16.1. The number of ketones is 1. The fourth-order valence-corrected chi connectivity index (χ4v) is 4.26. The van der Waals surface area contributed by atoms with Crippen molar-refractivity contribution >= 4 is 5.78 Å². The van der Waals surface area contributed by atoms with Crippen LogP contribution >= 0.6 is 0 Å². The van der Waals surface area contributed by atoms with E-state index in [0.29, 0.717) is 36.4 Å². The zero-order chi connectivity index (χ0) is 12.7. The van der Waals surface area contributed by atoms with Crippen LogP contribution in [0.1, 0.15) is 39.5 Å². The second kappa shape index (κ2) is 4.91. The van der Waals surface area contributed by atoms with Gasteiger partial charge in [-0.3, -0.25) is 15.0 Å². The fraction of sp³-hybridized carbons (Fsp3) is 0.929. The summed E-state index contributed by atoms with van der Waals surface area (Å²) in [6.45, 7) is 6.28. The third-order valence-corrected chi connectivity index (χ3v) is 5.10. The van der Waals surface area contributed by atoms with Crippen LogP contribution in [0.25, 0.3) is 0 Å². The van der Waals surface area contributed by atoms with Gasteiger partial charge >= 0.3 is 0 Å². The number of nitrogens with one attached hydrogen (secondary N) is 2. The molecule has 5 unspecified atom stereocenters. The normalized spacial score (nSPS) is 43.8. The summed E-state index contributed by atoms with van der Waals surface area (Å²) in [7, 11) is 0. The maximum Gasteiger partial charge on any atom is 0.149 e. The molecule has 3 fully saturated rings. The van der Waals surface area contributed by atoms with Gasteiger partial charge in [-0.2, -0.15) is 0 Å². The summed E-state index contributed by atoms with van der Waals surface area (Å²) in [5.74, 6) is 1.04. The zero-order valence-corrected chi connectivity index (χ0v) is 11.5. The molecular weight excluding hydrogens is 226 g/mol. The molecule has 0 aliphatic carbocycles. The lowest BCUT2D eigenvalue weighted by atomic mass is 9.89. The van der Waals surface area contributed by atoms with Gasteiger partial charge in [0.1, 0.15) is 5.78 Å². The van der Waals surface area contributed by atoms with E-state index in [0.717, 1.165) is 19.5 Å². The Kier molecular flexibility index (Phi) is 3.43. The van der Waals surface area contributed by atoms with Crippen molar-refractivity contribution in [3.8, 4) is 0 Å². The van der Waals surface area contributed by atoms with Gasteiger partial charge in [0.15, 0.2) is 0 Å². The Hall–Kier alpha value is -0.450. The van der Waals surface area contributed by atoms with Crippen molar-refractivity contribution in [1.82, 2.24) is 15.5 Å². The third kappa shape index (κ3) is 1.82. The van der Waals surface area contributed by atoms with Crippen LogP contribution in [0.4, 0.5) is 0 Å². The second-order valence-electron chi connectivity index (χ2n) is 5.91. The van der Waals surface area contributed by atoms with Crippen LogP contribution < -0.4 is 10.6 Å². The van der Waals surface area contributed by atoms with Gasteiger partial charge in [-0.25, -0.2) is 0 Å². The van der Waals surface area contributed by atoms with E-state index in [-0.39, 0.29) is 6.04 Å². The first-order chi connectivity index (χ1) is 8.76. The highest BCUT2D eigenvalue weighted by Gasteiger charge is 2.53. The number of hydrogen-bond acceptors (Lipinski definition) is 4. The maximum absolute atomic E-state index is 12.1. The molecule has 0 spiro atoms. The Morgan fingerprint density at radius 3 is 2.94 bits per heavy atom. The smallest absolute Gasteiger partial charge is 0.149 e. The predicted octanol–water partition coefficient (Wildman–Crippen LogP) is 0.726. The molecule has 0 aromatic rings. The first-order valence-electron chi connectivity index (χ1n) is 7.54. The average molecular weight is 251 g/mol. The highest BCUT2D eigenvalue weighted by molar-refractivity contribution is 5.84. The van der Waals surface area contributed by atoms with Crippen molar-refractivity contribution in [2.45, 2.75) is 63.8 Å². The van der Waals surface area contributed by atoms with Gasteiger partial charge in [-0.15, -0.1) is 0 Å². The molecule has 4 heteroatoms. The monoisotopic (exact) mass is 251 g/mol. The van der Waals surface area contributed by atoms with Crippen molar-refractivity contribution in [1.29, 1.82) is 0 Å². The molecule has 3 heterocycles. The number of fused-ring (bicyclic) bond motifs is 3. The Bertz CT molecular complexity index is 333. The van der Waals surface area contributed by atoms with Crippen molar-refractivity contribution in [3.05, 3.63) is 0 Å². The summed E-state index contributed by atoms with van der Waals surface area (Å²) in [6, 6.07) is 1.38. The van der Waals surface area contributed by atoms with Crippen LogP contribution in [0, 0.1) is 5.92 Å². The molecule has 3 rings (SSSR count). The van der Waals surface area contributed by atoms with E-state index in [4.69, 9.17) is 0 Å². The second-order valence-corrected chi connectivity index (χ2v) is 5.91. The molecule has 3 saturated heterocycles. The van der Waals surface area contributed by atoms with Crippen LogP contribution in [0.15, 0.2) is 0 Å². The standard InChI is InChI=1S/C14H25N3O/c1-3-12(18)11-8-9-13-10(6-5-7-15-13)16-14(9)17(11)4-2/h9-11,13-16H,3-8H2,1-2H3. The zero-order valence-electron chi connectivity index (χ0n) is 11.5. The quantitative estimate of drug-likeness (QED) is 0.776. The predicted molar refractivity (Wildman–Crippen MR) is 71.3 cm³/mol. The lowest BCUT2D eigenvalue weighted by Gasteiger charge is -2.31. The number of rotatable bonds is 3. The minimum Gasteiger partial charge on any atom is -0.312 e. The largest absolute Gasteiger partial charge is 0.312 e. The topological polar surface area (TPSA) is 44.4 Å². The molecule has 0 bridgehead atoms. The lowest BCUT2D eigenvalue weighted by molar-refractivity contribution is -0.123. The van der Waals surface area contributed by atoms with Gasteiger partial charge in [-0.1, -0.05) is 13.8 Å². The van der Waals surface area contributed by atoms with Crippen LogP contribution in [0.3, 0.4) is 0 Å². The molecule has 0 amide bonds. The van der Waals surface area contributed by atoms with Crippen molar-refractivity contribution in [3.63, 3.8) is 0 Å². The van der Waals surface area contributed by atoms with E-state index in [1.165, 1.54) is 12.8 Å². The fourth-order valence-electron chi connectivity index (χ4n) is 4.26. The summed E-state index contributed by atoms with van der Waals surface area (Å²) in [6.07, 6.45) is 4.70. The van der Waals surface area contributed by atoms with Gasteiger partial charge in [0, 0.05) is 24.4 Å². The first kappa shape index (κ1) is 12.6. The number of carbonyl (C=O) groups excluding carboxylic acids is 1. The molecule has 2 N–H and O–H groups in total. The minimum atomic E-state index is 0.159. The van der Waals surface area contributed by atoms with E-state index in [9.17, 15) is 4.79 Å². The van der Waals surface area contributed by atoms with Crippen LogP contribution in [0.2, 0.25) is 0 Å². The van der Waals surface area contributed by atoms with Gasteiger partial charge < -0.3 is 5.32 Å². The molecular formula is C14H25N3O.